The largest absolute Gasteiger partial charge is 0.389 e. The number of nitrogens with one attached hydrogen (secondary N) is 1. The highest BCUT2D eigenvalue weighted by atomic mass is 16.5. The number of aliphatic hydroxyl groups is 1. The lowest BCUT2D eigenvalue weighted by Gasteiger charge is -2.24. The molecule has 0 saturated carbocycles. The van der Waals surface area contributed by atoms with E-state index in [1.807, 2.05) is 63.2 Å². The predicted molar refractivity (Wildman–Crippen MR) is 118 cm³/mol. The van der Waals surface area contributed by atoms with Gasteiger partial charge in [0.2, 0.25) is 0 Å². The Hall–Kier alpha value is -2.01. The van der Waals surface area contributed by atoms with Gasteiger partial charge in [-0.15, -0.1) is 0 Å². The van der Waals surface area contributed by atoms with Crippen molar-refractivity contribution in [2.75, 3.05) is 13.2 Å². The van der Waals surface area contributed by atoms with Gasteiger partial charge in [0.1, 0.15) is 6.10 Å². The molecule has 2 aromatic rings. The minimum atomic E-state index is -0.674. The first-order valence-electron chi connectivity index (χ1n) is 10.5. The van der Waals surface area contributed by atoms with Crippen LogP contribution in [-0.2, 0) is 17.6 Å². The van der Waals surface area contributed by atoms with Gasteiger partial charge in [0.25, 0.3) is 0 Å². The summed E-state index contributed by atoms with van der Waals surface area (Å²) in [5.74, 6) is -0.0533. The highest BCUT2D eigenvalue weighted by molar-refractivity contribution is 5.99. The number of aryl methyl sites for hydroxylation is 1. The minimum Gasteiger partial charge on any atom is -0.389 e. The van der Waals surface area contributed by atoms with E-state index in [1.165, 1.54) is 5.56 Å². The van der Waals surface area contributed by atoms with Crippen molar-refractivity contribution in [1.82, 2.24) is 5.32 Å². The number of aliphatic hydroxyl groups excluding tert-OH is 1. The summed E-state index contributed by atoms with van der Waals surface area (Å²) in [5.41, 5.74) is 2.89. The quantitative estimate of drug-likeness (QED) is 0.558. The van der Waals surface area contributed by atoms with Crippen LogP contribution < -0.4 is 5.32 Å². The number of ether oxygens (including phenoxy) is 1. The minimum absolute atomic E-state index is 0.0533. The lowest BCUT2D eigenvalue weighted by atomic mass is 9.98. The number of carbonyl (C=O) groups is 1. The summed E-state index contributed by atoms with van der Waals surface area (Å²) >= 11 is 0. The first-order chi connectivity index (χ1) is 13.8. The number of benzene rings is 2. The molecule has 0 aliphatic carbocycles. The average molecular weight is 398 g/mol. The number of ketones is 1. The molecule has 0 fully saturated rings. The molecule has 0 spiro atoms. The number of rotatable bonds is 11. The van der Waals surface area contributed by atoms with E-state index in [9.17, 15) is 9.90 Å². The zero-order valence-corrected chi connectivity index (χ0v) is 18.2. The zero-order valence-electron chi connectivity index (χ0n) is 18.2. The van der Waals surface area contributed by atoms with Gasteiger partial charge in [-0.25, -0.2) is 0 Å². The van der Waals surface area contributed by atoms with Crippen LogP contribution in [0.25, 0.3) is 0 Å². The van der Waals surface area contributed by atoms with Crippen LogP contribution in [0.1, 0.15) is 55.6 Å². The third-order valence-electron chi connectivity index (χ3n) is 4.66. The van der Waals surface area contributed by atoms with Gasteiger partial charge in [0, 0.05) is 24.1 Å². The smallest absolute Gasteiger partial charge is 0.191 e. The van der Waals surface area contributed by atoms with E-state index in [4.69, 9.17) is 4.74 Å². The van der Waals surface area contributed by atoms with Crippen LogP contribution in [0.2, 0.25) is 0 Å². The summed E-state index contributed by atoms with van der Waals surface area (Å²) in [4.78, 5) is 13.1. The van der Waals surface area contributed by atoms with Crippen molar-refractivity contribution in [2.45, 2.75) is 64.7 Å². The number of Topliss-reactive ketones (excluding diaryl/α,β-unsaturated/α-hetero) is 1. The van der Waals surface area contributed by atoms with E-state index in [0.717, 1.165) is 18.4 Å². The predicted octanol–water partition coefficient (Wildman–Crippen LogP) is 4.20. The van der Waals surface area contributed by atoms with Crippen molar-refractivity contribution in [3.8, 4) is 0 Å². The highest BCUT2D eigenvalue weighted by Crippen LogP contribution is 2.15. The lowest BCUT2D eigenvalue weighted by molar-refractivity contribution is -0.00326. The van der Waals surface area contributed by atoms with Crippen LogP contribution in [0.4, 0.5) is 0 Å². The van der Waals surface area contributed by atoms with E-state index in [2.05, 4.69) is 24.4 Å². The maximum Gasteiger partial charge on any atom is 0.191 e. The first kappa shape index (κ1) is 23.3. The van der Waals surface area contributed by atoms with E-state index in [0.29, 0.717) is 18.5 Å². The van der Waals surface area contributed by atoms with Gasteiger partial charge in [0.05, 0.1) is 12.7 Å². The van der Waals surface area contributed by atoms with E-state index < -0.39 is 12.2 Å². The fourth-order valence-corrected chi connectivity index (χ4v) is 3.14. The summed E-state index contributed by atoms with van der Waals surface area (Å²) in [7, 11) is 0. The van der Waals surface area contributed by atoms with Gasteiger partial charge in [-0.1, -0.05) is 67.9 Å². The summed E-state index contributed by atoms with van der Waals surface area (Å²) in [6, 6.07) is 17.6. The van der Waals surface area contributed by atoms with E-state index in [-0.39, 0.29) is 17.9 Å². The molecule has 0 aliphatic rings. The van der Waals surface area contributed by atoms with Crippen LogP contribution in [0.15, 0.2) is 54.6 Å². The molecule has 158 valence electrons. The van der Waals surface area contributed by atoms with Crippen LogP contribution in [0, 0.1) is 0 Å². The molecule has 0 radical (unpaired) electrons. The van der Waals surface area contributed by atoms with Crippen molar-refractivity contribution in [3.63, 3.8) is 0 Å². The molecule has 0 aromatic heterocycles. The summed E-state index contributed by atoms with van der Waals surface area (Å²) in [5, 5.41) is 13.6. The summed E-state index contributed by atoms with van der Waals surface area (Å²) < 4.78 is 5.95. The lowest BCUT2D eigenvalue weighted by Crippen LogP contribution is -2.43. The number of carbonyl (C=O) groups excluding carboxylic acids is 1. The molecule has 29 heavy (non-hydrogen) atoms. The topological polar surface area (TPSA) is 58.6 Å². The van der Waals surface area contributed by atoms with Crippen LogP contribution >= 0.6 is 0 Å². The maximum atomic E-state index is 13.1. The van der Waals surface area contributed by atoms with Gasteiger partial charge in [0.15, 0.2) is 5.78 Å². The fourth-order valence-electron chi connectivity index (χ4n) is 3.14. The summed E-state index contributed by atoms with van der Waals surface area (Å²) in [6.07, 6.45) is 1.29. The molecule has 2 N–H and O–H groups in total. The molecule has 0 amide bonds. The number of β-amino-alcohol motifs (C(OH)–C–C–N with tert-alkyl or cyclic N) is 1. The van der Waals surface area contributed by atoms with Crippen molar-refractivity contribution in [2.24, 2.45) is 0 Å². The second kappa shape index (κ2) is 11.2. The second-order valence-corrected chi connectivity index (χ2v) is 8.61. The van der Waals surface area contributed by atoms with Crippen molar-refractivity contribution < 1.29 is 14.6 Å². The first-order valence-corrected chi connectivity index (χ1v) is 10.5. The molecule has 4 nitrogen and oxygen atoms in total. The van der Waals surface area contributed by atoms with Crippen molar-refractivity contribution in [1.29, 1.82) is 0 Å². The Morgan fingerprint density at radius 2 is 1.76 bits per heavy atom. The van der Waals surface area contributed by atoms with E-state index in [1.54, 1.807) is 0 Å². The molecule has 0 aliphatic heterocycles. The van der Waals surface area contributed by atoms with Gasteiger partial charge >= 0.3 is 0 Å². The third-order valence-corrected chi connectivity index (χ3v) is 4.66. The fraction of sp³-hybridized carbons (Fsp3) is 0.480. The Kier molecular flexibility index (Phi) is 9.02. The Labute approximate surface area is 175 Å². The SMILES string of the molecule is CCCc1cccc(CC(OCC(O)CNC(C)(C)C)C(=O)c2ccccc2)c1. The van der Waals surface area contributed by atoms with Crippen LogP contribution in [0.5, 0.6) is 0 Å². The molecular weight excluding hydrogens is 362 g/mol. The van der Waals surface area contributed by atoms with Gasteiger partial charge in [-0.3, -0.25) is 4.79 Å². The van der Waals surface area contributed by atoms with Crippen molar-refractivity contribution >= 4 is 5.78 Å². The second-order valence-electron chi connectivity index (χ2n) is 8.61. The third kappa shape index (κ3) is 8.48. The molecule has 0 saturated heterocycles. The number of hydrogen-bond donors (Lipinski definition) is 2. The molecule has 0 heterocycles. The Bertz CT molecular complexity index is 752. The van der Waals surface area contributed by atoms with Gasteiger partial charge < -0.3 is 15.2 Å². The average Bonchev–Trinajstić information content (AvgIpc) is 2.69. The van der Waals surface area contributed by atoms with Gasteiger partial charge in [-0.2, -0.15) is 0 Å². The molecule has 4 heteroatoms. The van der Waals surface area contributed by atoms with Crippen molar-refractivity contribution in [3.05, 3.63) is 71.3 Å². The molecule has 2 aromatic carbocycles. The Morgan fingerprint density at radius 3 is 2.41 bits per heavy atom. The Morgan fingerprint density at radius 1 is 1.07 bits per heavy atom. The number of hydrogen-bond acceptors (Lipinski definition) is 4. The van der Waals surface area contributed by atoms with Gasteiger partial charge in [-0.05, 0) is 38.3 Å². The molecule has 2 unspecified atom stereocenters. The molecule has 0 bridgehead atoms. The molecular formula is C25H35NO3. The standard InChI is InChI=1S/C25H35NO3/c1-5-10-19-11-9-12-20(15-19)16-23(24(28)21-13-7-6-8-14-21)29-18-22(27)17-26-25(2,3)4/h6-9,11-15,22-23,26-27H,5,10,16-18H2,1-4H3. The van der Waals surface area contributed by atoms with Crippen LogP contribution in [0.3, 0.4) is 0 Å². The maximum absolute atomic E-state index is 13.1. The highest BCUT2D eigenvalue weighted by Gasteiger charge is 2.23. The van der Waals surface area contributed by atoms with E-state index >= 15 is 0 Å². The monoisotopic (exact) mass is 397 g/mol. The van der Waals surface area contributed by atoms with Crippen LogP contribution in [-0.4, -0.2) is 41.8 Å². The zero-order chi connectivity index (χ0) is 21.3. The Balaban J connectivity index is 2.09. The normalized spacial score (nSPS) is 13.8. The molecule has 2 rings (SSSR count). The summed E-state index contributed by atoms with van der Waals surface area (Å²) in [6.45, 7) is 8.83. The molecule has 2 atom stereocenters.